The second-order valence-electron chi connectivity index (χ2n) is 3.77. The first kappa shape index (κ1) is 7.94. The van der Waals surface area contributed by atoms with Crippen LogP contribution >= 0.6 is 0 Å². The lowest BCUT2D eigenvalue weighted by molar-refractivity contribution is 0.974. The lowest BCUT2D eigenvalue weighted by atomic mass is 10.3. The average Bonchev–Trinajstić information content (AvgIpc) is 2.97. The highest BCUT2D eigenvalue weighted by molar-refractivity contribution is 5.70. The van der Waals surface area contributed by atoms with Crippen LogP contribution < -0.4 is 5.73 Å². The number of nitrogens with one attached hydrogen (secondary N) is 1. The number of H-pyrrole nitrogens is 1. The molecule has 1 aliphatic rings. The standard InChI is InChI=1S/C10H12N4/c11-5-7-3-4-8-10(12-7)14-9(13-8)6-1-2-6/h3-4,6H,1-2,5,11H2,(H,12,13,14). The fraction of sp³-hybridized carbons (Fsp3) is 0.400. The number of nitrogens with zero attached hydrogens (tertiary/aromatic N) is 2. The van der Waals surface area contributed by atoms with Crippen molar-refractivity contribution in [3.05, 3.63) is 23.7 Å². The fourth-order valence-electron chi connectivity index (χ4n) is 1.61. The Labute approximate surface area is 81.6 Å². The highest BCUT2D eigenvalue weighted by atomic mass is 15.0. The summed E-state index contributed by atoms with van der Waals surface area (Å²) in [6.07, 6.45) is 2.51. The Morgan fingerprint density at radius 2 is 2.21 bits per heavy atom. The number of aromatic amines is 1. The van der Waals surface area contributed by atoms with Crippen molar-refractivity contribution in [3.63, 3.8) is 0 Å². The van der Waals surface area contributed by atoms with Crippen LogP contribution in [0.2, 0.25) is 0 Å². The van der Waals surface area contributed by atoms with Gasteiger partial charge in [-0.2, -0.15) is 0 Å². The second kappa shape index (κ2) is 2.78. The van der Waals surface area contributed by atoms with E-state index in [2.05, 4.69) is 15.0 Å². The number of hydrogen-bond acceptors (Lipinski definition) is 3. The third-order valence-corrected chi connectivity index (χ3v) is 2.60. The largest absolute Gasteiger partial charge is 0.340 e. The van der Waals surface area contributed by atoms with E-state index in [1.54, 1.807) is 0 Å². The molecular formula is C10H12N4. The number of pyridine rings is 1. The Hall–Kier alpha value is -1.42. The van der Waals surface area contributed by atoms with Crippen molar-refractivity contribution in [3.8, 4) is 0 Å². The number of fused-ring (bicyclic) bond motifs is 1. The van der Waals surface area contributed by atoms with Crippen LogP contribution in [0.1, 0.15) is 30.3 Å². The van der Waals surface area contributed by atoms with Crippen molar-refractivity contribution >= 4 is 11.2 Å². The topological polar surface area (TPSA) is 67.6 Å². The van der Waals surface area contributed by atoms with Gasteiger partial charge in [0.05, 0.1) is 11.2 Å². The van der Waals surface area contributed by atoms with Crippen LogP contribution in [0.15, 0.2) is 12.1 Å². The summed E-state index contributed by atoms with van der Waals surface area (Å²) in [5, 5.41) is 0. The van der Waals surface area contributed by atoms with Crippen molar-refractivity contribution in [2.75, 3.05) is 0 Å². The predicted molar refractivity (Wildman–Crippen MR) is 53.8 cm³/mol. The van der Waals surface area contributed by atoms with Crippen LogP contribution in [0, 0.1) is 0 Å². The Bertz CT molecular complexity index is 470. The van der Waals surface area contributed by atoms with Gasteiger partial charge in [-0.3, -0.25) is 0 Å². The lowest BCUT2D eigenvalue weighted by Crippen LogP contribution is -1.98. The molecule has 0 aromatic carbocycles. The van der Waals surface area contributed by atoms with Gasteiger partial charge in [-0.05, 0) is 25.0 Å². The summed E-state index contributed by atoms with van der Waals surface area (Å²) in [5.74, 6) is 1.73. The number of aromatic nitrogens is 3. The third kappa shape index (κ3) is 1.19. The van der Waals surface area contributed by atoms with Gasteiger partial charge < -0.3 is 10.7 Å². The summed E-state index contributed by atoms with van der Waals surface area (Å²) in [6, 6.07) is 3.95. The molecular weight excluding hydrogens is 176 g/mol. The summed E-state index contributed by atoms with van der Waals surface area (Å²) in [4.78, 5) is 12.1. The van der Waals surface area contributed by atoms with Gasteiger partial charge in [0.2, 0.25) is 0 Å². The molecule has 3 rings (SSSR count). The zero-order chi connectivity index (χ0) is 9.54. The molecule has 0 amide bonds. The molecule has 2 aromatic heterocycles. The van der Waals surface area contributed by atoms with Gasteiger partial charge in [0, 0.05) is 12.5 Å². The number of imidazole rings is 1. The van der Waals surface area contributed by atoms with Gasteiger partial charge in [-0.25, -0.2) is 9.97 Å². The Morgan fingerprint density at radius 3 is 2.93 bits per heavy atom. The van der Waals surface area contributed by atoms with Crippen molar-refractivity contribution in [2.45, 2.75) is 25.3 Å². The van der Waals surface area contributed by atoms with Gasteiger partial charge >= 0.3 is 0 Å². The molecule has 0 radical (unpaired) electrons. The summed E-state index contributed by atoms with van der Waals surface area (Å²) >= 11 is 0. The zero-order valence-corrected chi connectivity index (χ0v) is 7.83. The summed E-state index contributed by atoms with van der Waals surface area (Å²) < 4.78 is 0. The number of rotatable bonds is 2. The van der Waals surface area contributed by atoms with Crippen molar-refractivity contribution in [2.24, 2.45) is 5.73 Å². The molecule has 4 nitrogen and oxygen atoms in total. The van der Waals surface area contributed by atoms with E-state index in [-0.39, 0.29) is 0 Å². The molecule has 2 aromatic rings. The normalized spacial score (nSPS) is 16.4. The molecule has 72 valence electrons. The molecule has 0 spiro atoms. The lowest BCUT2D eigenvalue weighted by Gasteiger charge is -1.92. The van der Waals surface area contributed by atoms with E-state index in [9.17, 15) is 0 Å². The Morgan fingerprint density at radius 1 is 1.36 bits per heavy atom. The molecule has 0 saturated heterocycles. The minimum absolute atomic E-state index is 0.474. The van der Waals surface area contributed by atoms with Crippen LogP contribution in [-0.2, 0) is 6.54 Å². The first-order chi connectivity index (χ1) is 6.86. The van der Waals surface area contributed by atoms with E-state index in [0.29, 0.717) is 12.5 Å². The molecule has 2 heterocycles. The monoisotopic (exact) mass is 188 g/mol. The van der Waals surface area contributed by atoms with Crippen molar-refractivity contribution in [1.82, 2.24) is 15.0 Å². The second-order valence-corrected chi connectivity index (χ2v) is 3.77. The van der Waals surface area contributed by atoms with Crippen LogP contribution in [0.5, 0.6) is 0 Å². The molecule has 0 atom stereocenters. The summed E-state index contributed by atoms with van der Waals surface area (Å²) in [6.45, 7) is 0.474. The highest BCUT2D eigenvalue weighted by Gasteiger charge is 2.26. The Kier molecular flexibility index (Phi) is 1.58. The van der Waals surface area contributed by atoms with E-state index >= 15 is 0 Å². The maximum absolute atomic E-state index is 5.52. The predicted octanol–water partition coefficient (Wildman–Crippen LogP) is 1.29. The number of nitrogens with two attached hydrogens (primary N) is 1. The first-order valence-corrected chi connectivity index (χ1v) is 4.92. The van der Waals surface area contributed by atoms with E-state index in [1.165, 1.54) is 12.8 Å². The molecule has 4 heteroatoms. The molecule has 1 aliphatic carbocycles. The van der Waals surface area contributed by atoms with E-state index in [4.69, 9.17) is 5.73 Å². The van der Waals surface area contributed by atoms with E-state index in [1.807, 2.05) is 12.1 Å². The molecule has 0 bridgehead atoms. The van der Waals surface area contributed by atoms with Gasteiger partial charge in [0.1, 0.15) is 5.82 Å². The van der Waals surface area contributed by atoms with Crippen LogP contribution in [0.4, 0.5) is 0 Å². The summed E-state index contributed by atoms with van der Waals surface area (Å²) in [7, 11) is 0. The third-order valence-electron chi connectivity index (χ3n) is 2.60. The zero-order valence-electron chi connectivity index (χ0n) is 7.83. The summed E-state index contributed by atoms with van der Waals surface area (Å²) in [5.41, 5.74) is 8.23. The smallest absolute Gasteiger partial charge is 0.177 e. The maximum atomic E-state index is 5.52. The van der Waals surface area contributed by atoms with Gasteiger partial charge in [0.15, 0.2) is 5.65 Å². The highest BCUT2D eigenvalue weighted by Crippen LogP contribution is 2.38. The Balaban J connectivity index is 2.12. The maximum Gasteiger partial charge on any atom is 0.177 e. The molecule has 1 fully saturated rings. The molecule has 3 N–H and O–H groups in total. The SMILES string of the molecule is NCc1ccc2[nH]c(C3CC3)nc2n1. The molecule has 1 saturated carbocycles. The fourth-order valence-corrected chi connectivity index (χ4v) is 1.61. The van der Waals surface area contributed by atoms with E-state index < -0.39 is 0 Å². The quantitative estimate of drug-likeness (QED) is 0.746. The minimum Gasteiger partial charge on any atom is -0.340 e. The molecule has 14 heavy (non-hydrogen) atoms. The van der Waals surface area contributed by atoms with Crippen LogP contribution in [-0.4, -0.2) is 15.0 Å². The van der Waals surface area contributed by atoms with Gasteiger partial charge in [-0.1, -0.05) is 0 Å². The molecule has 0 aliphatic heterocycles. The molecule has 0 unspecified atom stereocenters. The van der Waals surface area contributed by atoms with Crippen LogP contribution in [0.25, 0.3) is 11.2 Å². The van der Waals surface area contributed by atoms with E-state index in [0.717, 1.165) is 22.7 Å². The first-order valence-electron chi connectivity index (χ1n) is 4.92. The van der Waals surface area contributed by atoms with Crippen LogP contribution in [0.3, 0.4) is 0 Å². The van der Waals surface area contributed by atoms with Gasteiger partial charge in [0.25, 0.3) is 0 Å². The van der Waals surface area contributed by atoms with Gasteiger partial charge in [-0.15, -0.1) is 0 Å². The number of hydrogen-bond donors (Lipinski definition) is 2. The van der Waals surface area contributed by atoms with Crippen molar-refractivity contribution < 1.29 is 0 Å². The average molecular weight is 188 g/mol. The minimum atomic E-state index is 0.474. The van der Waals surface area contributed by atoms with Crippen molar-refractivity contribution in [1.29, 1.82) is 0 Å².